The molecule has 1 aliphatic heterocycles. The fourth-order valence-electron chi connectivity index (χ4n) is 3.58. The first-order valence-electron chi connectivity index (χ1n) is 10.1. The van der Waals surface area contributed by atoms with Crippen LogP contribution in [0.5, 0.6) is 0 Å². The van der Waals surface area contributed by atoms with Crippen molar-refractivity contribution in [2.75, 3.05) is 11.4 Å². The van der Waals surface area contributed by atoms with Crippen LogP contribution in [0.4, 0.5) is 5.69 Å². The molecule has 2 heterocycles. The van der Waals surface area contributed by atoms with Crippen LogP contribution in [-0.2, 0) is 22.4 Å². The molecule has 1 aromatic heterocycles. The number of thiophene rings is 1. The SMILES string of the molecule is CC(C)C[C@@H](/C=C/C(=O)N1CCc2ccccc21)NC(=O)[C@@H](N)Cc1cccs1. The van der Waals surface area contributed by atoms with Gasteiger partial charge >= 0.3 is 0 Å². The zero-order valence-electron chi connectivity index (χ0n) is 17.0. The Balaban J connectivity index is 1.62. The van der Waals surface area contributed by atoms with Crippen molar-refractivity contribution in [3.8, 4) is 0 Å². The summed E-state index contributed by atoms with van der Waals surface area (Å²) < 4.78 is 0. The van der Waals surface area contributed by atoms with Crippen LogP contribution in [0.3, 0.4) is 0 Å². The smallest absolute Gasteiger partial charge is 0.250 e. The molecule has 1 aromatic carbocycles. The number of nitrogens with zero attached hydrogens (tertiary/aromatic N) is 1. The second-order valence-electron chi connectivity index (χ2n) is 7.86. The van der Waals surface area contributed by atoms with Crippen molar-refractivity contribution >= 4 is 28.8 Å². The van der Waals surface area contributed by atoms with Crippen LogP contribution in [-0.4, -0.2) is 30.4 Å². The van der Waals surface area contributed by atoms with Crippen molar-refractivity contribution in [3.63, 3.8) is 0 Å². The Bertz CT molecular complexity index is 861. The van der Waals surface area contributed by atoms with E-state index in [0.717, 1.165) is 23.4 Å². The zero-order valence-corrected chi connectivity index (χ0v) is 17.8. The minimum Gasteiger partial charge on any atom is -0.349 e. The molecule has 5 nitrogen and oxygen atoms in total. The highest BCUT2D eigenvalue weighted by atomic mass is 32.1. The van der Waals surface area contributed by atoms with E-state index in [1.165, 1.54) is 5.56 Å². The maximum Gasteiger partial charge on any atom is 0.250 e. The van der Waals surface area contributed by atoms with Crippen molar-refractivity contribution in [2.45, 2.75) is 45.2 Å². The molecule has 0 spiro atoms. The normalized spacial score (nSPS) is 15.5. The molecule has 0 radical (unpaired) electrons. The van der Waals surface area contributed by atoms with Crippen molar-refractivity contribution in [2.24, 2.45) is 11.7 Å². The number of rotatable bonds is 8. The van der Waals surface area contributed by atoms with E-state index in [9.17, 15) is 9.59 Å². The van der Waals surface area contributed by atoms with Gasteiger partial charge < -0.3 is 16.0 Å². The molecule has 0 saturated heterocycles. The average molecular weight is 412 g/mol. The third-order valence-electron chi connectivity index (χ3n) is 5.02. The number of hydrogen-bond acceptors (Lipinski definition) is 4. The zero-order chi connectivity index (χ0) is 20.8. The third kappa shape index (κ3) is 5.78. The van der Waals surface area contributed by atoms with Gasteiger partial charge in [-0.3, -0.25) is 9.59 Å². The Morgan fingerprint density at radius 2 is 2.03 bits per heavy atom. The number of nitrogens with two attached hydrogens (primary N) is 1. The highest BCUT2D eigenvalue weighted by molar-refractivity contribution is 7.09. The molecule has 3 rings (SSSR count). The molecular formula is C23H29N3O2S. The van der Waals surface area contributed by atoms with E-state index >= 15 is 0 Å². The standard InChI is InChI=1S/C23H29N3O2S/c1-16(2)14-18(25-23(28)20(24)15-19-7-5-13-29-19)9-10-22(27)26-12-11-17-6-3-4-8-21(17)26/h3-10,13,16,18,20H,11-12,14-15,24H2,1-2H3,(H,25,28)/b10-9+/t18-,20+/m1/s1. The molecule has 6 heteroatoms. The van der Waals surface area contributed by atoms with E-state index in [2.05, 4.69) is 25.2 Å². The van der Waals surface area contributed by atoms with Gasteiger partial charge in [0.15, 0.2) is 0 Å². The predicted molar refractivity (Wildman–Crippen MR) is 119 cm³/mol. The Morgan fingerprint density at radius 1 is 1.24 bits per heavy atom. The number of anilines is 1. The Kier molecular flexibility index (Phi) is 7.23. The first-order chi connectivity index (χ1) is 13.9. The second kappa shape index (κ2) is 9.85. The van der Waals surface area contributed by atoms with Crippen LogP contribution in [0.15, 0.2) is 53.9 Å². The van der Waals surface area contributed by atoms with Gasteiger partial charge in [0.25, 0.3) is 5.91 Å². The number of nitrogens with one attached hydrogen (secondary N) is 1. The largest absolute Gasteiger partial charge is 0.349 e. The maximum atomic E-state index is 12.7. The van der Waals surface area contributed by atoms with Crippen LogP contribution >= 0.6 is 11.3 Å². The van der Waals surface area contributed by atoms with Crippen LogP contribution in [0, 0.1) is 5.92 Å². The van der Waals surface area contributed by atoms with Gasteiger partial charge in [-0.25, -0.2) is 0 Å². The van der Waals surface area contributed by atoms with Crippen molar-refractivity contribution in [1.29, 1.82) is 0 Å². The molecule has 2 aromatic rings. The second-order valence-corrected chi connectivity index (χ2v) is 8.89. The fraction of sp³-hybridized carbons (Fsp3) is 0.391. The van der Waals surface area contributed by atoms with Crippen LogP contribution in [0.1, 0.15) is 30.7 Å². The van der Waals surface area contributed by atoms with Crippen LogP contribution < -0.4 is 16.0 Å². The van der Waals surface area contributed by atoms with E-state index in [-0.39, 0.29) is 17.9 Å². The number of hydrogen-bond donors (Lipinski definition) is 2. The van der Waals surface area contributed by atoms with Gasteiger partial charge in [0.05, 0.1) is 6.04 Å². The summed E-state index contributed by atoms with van der Waals surface area (Å²) in [6, 6.07) is 11.1. The molecular weight excluding hydrogens is 382 g/mol. The Hall–Kier alpha value is -2.44. The molecule has 0 aliphatic carbocycles. The van der Waals surface area contributed by atoms with Crippen LogP contribution in [0.2, 0.25) is 0 Å². The van der Waals surface area contributed by atoms with E-state index in [4.69, 9.17) is 5.73 Å². The fourth-order valence-corrected chi connectivity index (χ4v) is 4.34. The monoisotopic (exact) mass is 411 g/mol. The van der Waals surface area contributed by atoms with Gasteiger partial charge in [-0.1, -0.05) is 44.2 Å². The number of para-hydroxylation sites is 1. The van der Waals surface area contributed by atoms with Crippen LogP contribution in [0.25, 0.3) is 0 Å². The highest BCUT2D eigenvalue weighted by Gasteiger charge is 2.23. The molecule has 0 bridgehead atoms. The molecule has 2 atom stereocenters. The predicted octanol–water partition coefficient (Wildman–Crippen LogP) is 3.29. The molecule has 3 N–H and O–H groups in total. The molecule has 1 aliphatic rings. The number of carbonyl (C=O) groups is 2. The summed E-state index contributed by atoms with van der Waals surface area (Å²) in [5, 5.41) is 4.99. The summed E-state index contributed by atoms with van der Waals surface area (Å²) in [5.41, 5.74) is 8.26. The summed E-state index contributed by atoms with van der Waals surface area (Å²) in [6.07, 6.45) is 5.53. The highest BCUT2D eigenvalue weighted by Crippen LogP contribution is 2.27. The van der Waals surface area contributed by atoms with Gasteiger partial charge in [-0.05, 0) is 41.8 Å². The Labute approximate surface area is 176 Å². The minimum absolute atomic E-state index is 0.0548. The van der Waals surface area contributed by atoms with E-state index in [1.807, 2.05) is 35.7 Å². The molecule has 0 fully saturated rings. The van der Waals surface area contributed by atoms with Gasteiger partial charge in [0, 0.05) is 35.6 Å². The van der Waals surface area contributed by atoms with E-state index < -0.39 is 6.04 Å². The lowest BCUT2D eigenvalue weighted by Crippen LogP contribution is -2.46. The van der Waals surface area contributed by atoms with E-state index in [1.54, 1.807) is 28.4 Å². The summed E-state index contributed by atoms with van der Waals surface area (Å²) in [5.74, 6) is 0.134. The van der Waals surface area contributed by atoms with Gasteiger partial charge in [0.2, 0.25) is 5.91 Å². The summed E-state index contributed by atoms with van der Waals surface area (Å²) >= 11 is 1.60. The number of fused-ring (bicyclic) bond motifs is 1. The molecule has 2 amide bonds. The van der Waals surface area contributed by atoms with Gasteiger partial charge in [-0.15, -0.1) is 11.3 Å². The molecule has 0 saturated carbocycles. The van der Waals surface area contributed by atoms with Crippen molar-refractivity contribution in [1.82, 2.24) is 5.32 Å². The molecule has 29 heavy (non-hydrogen) atoms. The van der Waals surface area contributed by atoms with Gasteiger partial charge in [-0.2, -0.15) is 0 Å². The lowest BCUT2D eigenvalue weighted by molar-refractivity contribution is -0.123. The Morgan fingerprint density at radius 3 is 2.76 bits per heavy atom. The van der Waals surface area contributed by atoms with Crippen molar-refractivity contribution < 1.29 is 9.59 Å². The summed E-state index contributed by atoms with van der Waals surface area (Å²) in [6.45, 7) is 4.88. The summed E-state index contributed by atoms with van der Waals surface area (Å²) in [4.78, 5) is 28.2. The minimum atomic E-state index is -0.599. The lowest BCUT2D eigenvalue weighted by atomic mass is 10.0. The quantitative estimate of drug-likeness (QED) is 0.655. The van der Waals surface area contributed by atoms with E-state index in [0.29, 0.717) is 18.9 Å². The topological polar surface area (TPSA) is 75.4 Å². The number of carbonyl (C=O) groups excluding carboxylic acids is 2. The average Bonchev–Trinajstić information content (AvgIpc) is 3.35. The summed E-state index contributed by atoms with van der Waals surface area (Å²) in [7, 11) is 0. The van der Waals surface area contributed by atoms with Crippen molar-refractivity contribution in [3.05, 3.63) is 64.4 Å². The molecule has 154 valence electrons. The molecule has 0 unspecified atom stereocenters. The maximum absolute atomic E-state index is 12.7. The lowest BCUT2D eigenvalue weighted by Gasteiger charge is -2.20. The number of amides is 2. The van der Waals surface area contributed by atoms with Gasteiger partial charge in [0.1, 0.15) is 0 Å². The number of benzene rings is 1. The first-order valence-corrected chi connectivity index (χ1v) is 11.0. The first kappa shape index (κ1) is 21.3. The third-order valence-corrected chi connectivity index (χ3v) is 5.91.